The fourth-order valence-corrected chi connectivity index (χ4v) is 4.85. The summed E-state index contributed by atoms with van der Waals surface area (Å²) in [4.78, 5) is 27.7. The van der Waals surface area contributed by atoms with E-state index >= 15 is 0 Å². The van der Waals surface area contributed by atoms with Crippen LogP contribution in [0.4, 0.5) is 0 Å². The van der Waals surface area contributed by atoms with Crippen LogP contribution in [0.2, 0.25) is 0 Å². The SMILES string of the molecule is CCC1OC(=O)C(C)C(OC2OC(C)CC(N(C)C)C2O)C(C)CC(C)C(=O)C=CC1C. The number of hydrogen-bond donors (Lipinski definition) is 1. The highest BCUT2D eigenvalue weighted by Gasteiger charge is 2.42. The zero-order valence-electron chi connectivity index (χ0n) is 21.0. The Morgan fingerprint density at radius 3 is 2.38 bits per heavy atom. The number of esters is 1. The molecule has 0 aromatic rings. The molecule has 10 unspecified atom stereocenters. The summed E-state index contributed by atoms with van der Waals surface area (Å²) in [7, 11) is 3.85. The molecule has 32 heavy (non-hydrogen) atoms. The third-order valence-electron chi connectivity index (χ3n) is 7.02. The van der Waals surface area contributed by atoms with E-state index in [-0.39, 0.29) is 47.8 Å². The van der Waals surface area contributed by atoms with Crippen molar-refractivity contribution in [3.63, 3.8) is 0 Å². The summed E-state index contributed by atoms with van der Waals surface area (Å²) in [5.41, 5.74) is 0. The Morgan fingerprint density at radius 2 is 1.78 bits per heavy atom. The molecular formula is C25H43NO6. The number of rotatable bonds is 4. The van der Waals surface area contributed by atoms with Gasteiger partial charge in [0.2, 0.25) is 0 Å². The lowest BCUT2D eigenvalue weighted by molar-refractivity contribution is -0.279. The molecule has 2 aliphatic rings. The Labute approximate surface area is 193 Å². The molecule has 2 rings (SSSR count). The van der Waals surface area contributed by atoms with Gasteiger partial charge < -0.3 is 24.2 Å². The minimum absolute atomic E-state index is 0.0614. The van der Waals surface area contributed by atoms with Gasteiger partial charge in [-0.2, -0.15) is 0 Å². The molecule has 7 heteroatoms. The summed E-state index contributed by atoms with van der Waals surface area (Å²) in [6.45, 7) is 11.6. The molecule has 0 aliphatic carbocycles. The molecule has 0 saturated carbocycles. The van der Waals surface area contributed by atoms with E-state index in [9.17, 15) is 14.7 Å². The maximum Gasteiger partial charge on any atom is 0.311 e. The lowest BCUT2D eigenvalue weighted by atomic mass is 9.84. The second-order valence-electron chi connectivity index (χ2n) is 10.1. The molecule has 10 atom stereocenters. The van der Waals surface area contributed by atoms with Gasteiger partial charge >= 0.3 is 5.97 Å². The largest absolute Gasteiger partial charge is 0.461 e. The van der Waals surface area contributed by atoms with E-state index in [2.05, 4.69) is 0 Å². The number of ether oxygens (including phenoxy) is 3. The predicted molar refractivity (Wildman–Crippen MR) is 123 cm³/mol. The molecule has 1 fully saturated rings. The summed E-state index contributed by atoms with van der Waals surface area (Å²) in [6, 6.07) is -0.108. The molecule has 0 amide bonds. The number of carbonyl (C=O) groups is 2. The van der Waals surface area contributed by atoms with Gasteiger partial charge in [-0.1, -0.05) is 33.8 Å². The van der Waals surface area contributed by atoms with Gasteiger partial charge in [-0.05, 0) is 59.2 Å². The van der Waals surface area contributed by atoms with Crippen LogP contribution in [-0.2, 0) is 23.8 Å². The van der Waals surface area contributed by atoms with Crippen LogP contribution >= 0.6 is 0 Å². The van der Waals surface area contributed by atoms with E-state index in [1.807, 2.05) is 59.7 Å². The van der Waals surface area contributed by atoms with Gasteiger partial charge in [-0.25, -0.2) is 0 Å². The lowest BCUT2D eigenvalue weighted by Crippen LogP contribution is -2.56. The van der Waals surface area contributed by atoms with Crippen LogP contribution in [0.15, 0.2) is 12.2 Å². The first-order valence-corrected chi connectivity index (χ1v) is 12.0. The quantitative estimate of drug-likeness (QED) is 0.654. The smallest absolute Gasteiger partial charge is 0.311 e. The first kappa shape index (κ1) is 27.0. The van der Waals surface area contributed by atoms with Crippen LogP contribution in [0.1, 0.15) is 60.8 Å². The number of aliphatic hydroxyl groups excluding tert-OH is 1. The number of allylic oxidation sites excluding steroid dienone is 1. The third-order valence-corrected chi connectivity index (χ3v) is 7.02. The molecule has 0 aromatic heterocycles. The van der Waals surface area contributed by atoms with Gasteiger partial charge in [-0.15, -0.1) is 0 Å². The zero-order chi connectivity index (χ0) is 24.2. The number of cyclic esters (lactones) is 1. The fourth-order valence-electron chi connectivity index (χ4n) is 4.85. The van der Waals surface area contributed by atoms with E-state index in [1.54, 1.807) is 13.0 Å². The lowest BCUT2D eigenvalue weighted by Gasteiger charge is -2.43. The van der Waals surface area contributed by atoms with Crippen LogP contribution in [0.25, 0.3) is 0 Å². The number of hydrogen-bond acceptors (Lipinski definition) is 7. The summed E-state index contributed by atoms with van der Waals surface area (Å²) in [5.74, 6) is -1.21. The zero-order valence-corrected chi connectivity index (χ0v) is 21.0. The Kier molecular flexibility index (Phi) is 9.88. The van der Waals surface area contributed by atoms with Crippen LogP contribution in [-0.4, -0.2) is 72.6 Å². The van der Waals surface area contributed by atoms with Crippen LogP contribution in [0.5, 0.6) is 0 Å². The summed E-state index contributed by atoms with van der Waals surface area (Å²) < 4.78 is 18.2. The molecule has 0 spiro atoms. The van der Waals surface area contributed by atoms with Gasteiger partial charge in [0.25, 0.3) is 0 Å². The average Bonchev–Trinajstić information content (AvgIpc) is 2.73. The molecule has 2 aliphatic heterocycles. The van der Waals surface area contributed by atoms with Crippen molar-refractivity contribution in [1.82, 2.24) is 4.90 Å². The van der Waals surface area contributed by atoms with Gasteiger partial charge in [0.05, 0.1) is 18.1 Å². The molecule has 1 saturated heterocycles. The second kappa shape index (κ2) is 11.7. The monoisotopic (exact) mass is 453 g/mol. The van der Waals surface area contributed by atoms with Crippen LogP contribution in [0.3, 0.4) is 0 Å². The van der Waals surface area contributed by atoms with Crippen molar-refractivity contribution in [3.8, 4) is 0 Å². The first-order chi connectivity index (χ1) is 15.0. The highest BCUT2D eigenvalue weighted by Crippen LogP contribution is 2.32. The van der Waals surface area contributed by atoms with E-state index < -0.39 is 24.4 Å². The van der Waals surface area contributed by atoms with Crippen LogP contribution in [0, 0.1) is 23.7 Å². The Hall–Kier alpha value is -1.28. The minimum atomic E-state index is -0.853. The van der Waals surface area contributed by atoms with Crippen molar-refractivity contribution in [1.29, 1.82) is 0 Å². The van der Waals surface area contributed by atoms with E-state index in [1.165, 1.54) is 0 Å². The molecule has 1 N–H and O–H groups in total. The molecule has 7 nitrogen and oxygen atoms in total. The Balaban J connectivity index is 2.32. The maximum atomic E-state index is 13.1. The van der Waals surface area contributed by atoms with Crippen molar-refractivity contribution in [2.75, 3.05) is 14.1 Å². The predicted octanol–water partition coefficient (Wildman–Crippen LogP) is 3.19. The van der Waals surface area contributed by atoms with Crippen molar-refractivity contribution in [3.05, 3.63) is 12.2 Å². The molecule has 0 radical (unpaired) electrons. The number of likely N-dealkylation sites (N-methyl/N-ethyl adjacent to an activating group) is 1. The van der Waals surface area contributed by atoms with Crippen LogP contribution < -0.4 is 0 Å². The topological polar surface area (TPSA) is 85.3 Å². The first-order valence-electron chi connectivity index (χ1n) is 12.0. The van der Waals surface area contributed by atoms with Crippen molar-refractivity contribution >= 4 is 11.8 Å². The van der Waals surface area contributed by atoms with E-state index in [0.29, 0.717) is 19.3 Å². The summed E-state index contributed by atoms with van der Waals surface area (Å²) >= 11 is 0. The highest BCUT2D eigenvalue weighted by atomic mass is 16.7. The number of carbonyl (C=O) groups excluding carboxylic acids is 2. The van der Waals surface area contributed by atoms with Gasteiger partial charge in [0, 0.05) is 17.9 Å². The molecule has 0 bridgehead atoms. The Morgan fingerprint density at radius 1 is 1.12 bits per heavy atom. The highest BCUT2D eigenvalue weighted by molar-refractivity contribution is 5.91. The van der Waals surface area contributed by atoms with Crippen molar-refractivity contribution in [2.45, 2.75) is 97.6 Å². The summed E-state index contributed by atoms with van der Waals surface area (Å²) in [5, 5.41) is 10.9. The molecule has 0 aromatic carbocycles. The maximum absolute atomic E-state index is 13.1. The van der Waals surface area contributed by atoms with Gasteiger partial charge in [0.15, 0.2) is 12.1 Å². The molecule has 184 valence electrons. The van der Waals surface area contributed by atoms with E-state index in [4.69, 9.17) is 14.2 Å². The minimum Gasteiger partial charge on any atom is -0.461 e. The van der Waals surface area contributed by atoms with E-state index in [0.717, 1.165) is 0 Å². The second-order valence-corrected chi connectivity index (χ2v) is 10.1. The normalized spacial score (nSPS) is 42.3. The van der Waals surface area contributed by atoms with Crippen molar-refractivity contribution in [2.24, 2.45) is 23.7 Å². The van der Waals surface area contributed by atoms with Gasteiger partial charge in [-0.3, -0.25) is 9.59 Å². The molecule has 2 heterocycles. The standard InChI is InChI=1S/C25H43NO6/c1-9-21-14(2)10-11-20(27)15(3)12-16(4)23(18(6)24(29)31-21)32-25-22(28)19(26(7)8)13-17(5)30-25/h10-11,14-19,21-23,25,28H,9,12-13H2,1-8H3. The number of aliphatic hydroxyl groups is 1. The molecular weight excluding hydrogens is 410 g/mol. The summed E-state index contributed by atoms with van der Waals surface area (Å²) in [6.07, 6.45) is 2.73. The average molecular weight is 454 g/mol. The number of ketones is 1. The number of nitrogens with zero attached hydrogens (tertiary/aromatic N) is 1. The van der Waals surface area contributed by atoms with Crippen molar-refractivity contribution < 1.29 is 28.9 Å². The fraction of sp³-hybridized carbons (Fsp3) is 0.840. The Bertz CT molecular complexity index is 665. The van der Waals surface area contributed by atoms with Gasteiger partial charge in [0.1, 0.15) is 12.2 Å². The third kappa shape index (κ3) is 6.62.